The maximum Gasteiger partial charge on any atom is 0.150 e. The lowest BCUT2D eigenvalue weighted by Gasteiger charge is -2.39. The van der Waals surface area contributed by atoms with E-state index in [2.05, 4.69) is 0 Å². The van der Waals surface area contributed by atoms with E-state index in [1.807, 2.05) is 0 Å². The number of nitrogens with zero attached hydrogens (tertiary/aromatic N) is 2. The van der Waals surface area contributed by atoms with Crippen LogP contribution < -0.4 is 4.90 Å². The van der Waals surface area contributed by atoms with Crippen molar-refractivity contribution in [3.8, 4) is 6.07 Å². The predicted octanol–water partition coefficient (Wildman–Crippen LogP) is 2.19. The van der Waals surface area contributed by atoms with Crippen molar-refractivity contribution in [2.24, 2.45) is 0 Å². The molecule has 0 atom stereocenters. The van der Waals surface area contributed by atoms with Gasteiger partial charge >= 0.3 is 0 Å². The van der Waals surface area contributed by atoms with Crippen LogP contribution in [0.15, 0.2) is 12.1 Å². The van der Waals surface area contributed by atoms with Gasteiger partial charge in [-0.2, -0.15) is 5.26 Å². The molecule has 2 rings (SSSR count). The highest BCUT2D eigenvalue weighted by Crippen LogP contribution is 2.33. The molecule has 1 aliphatic rings. The maximum atomic E-state index is 13.9. The minimum Gasteiger partial charge on any atom is -0.395 e. The fourth-order valence-electron chi connectivity index (χ4n) is 2.19. The van der Waals surface area contributed by atoms with Gasteiger partial charge in [0.05, 0.1) is 18.2 Å². The first kappa shape index (κ1) is 12.8. The molecule has 1 fully saturated rings. The summed E-state index contributed by atoms with van der Waals surface area (Å²) in [5, 5.41) is 17.7. The molecule has 1 aliphatic carbocycles. The molecule has 0 unspecified atom stereocenters. The second kappa shape index (κ2) is 5.32. The Morgan fingerprint density at radius 1 is 1.33 bits per heavy atom. The first-order chi connectivity index (χ1) is 8.67. The second-order valence-electron chi connectivity index (χ2n) is 4.40. The summed E-state index contributed by atoms with van der Waals surface area (Å²) in [6.07, 6.45) is 2.78. The monoisotopic (exact) mass is 252 g/mol. The standard InChI is InChI=1S/C13H14F2N2O/c14-11-6-9(8-16)7-12(15)13(11)17(4-5-18)10-2-1-3-10/h6-7,10,18H,1-5H2. The molecule has 0 heterocycles. The molecule has 5 heteroatoms. The number of halogens is 2. The molecule has 0 bridgehead atoms. The van der Waals surface area contributed by atoms with E-state index in [9.17, 15) is 8.78 Å². The van der Waals surface area contributed by atoms with E-state index in [0.717, 1.165) is 31.4 Å². The van der Waals surface area contributed by atoms with E-state index in [-0.39, 0.29) is 30.4 Å². The van der Waals surface area contributed by atoms with Crippen LogP contribution in [-0.2, 0) is 0 Å². The fourth-order valence-corrected chi connectivity index (χ4v) is 2.19. The van der Waals surface area contributed by atoms with Crippen LogP contribution in [0, 0.1) is 23.0 Å². The summed E-state index contributed by atoms with van der Waals surface area (Å²) in [5.74, 6) is -1.49. The number of anilines is 1. The Bertz CT molecular complexity index is 457. The van der Waals surface area contributed by atoms with Crippen molar-refractivity contribution in [2.45, 2.75) is 25.3 Å². The normalized spacial score (nSPS) is 15.0. The van der Waals surface area contributed by atoms with Gasteiger partial charge in [-0.3, -0.25) is 0 Å². The van der Waals surface area contributed by atoms with Gasteiger partial charge in [-0.15, -0.1) is 0 Å². The van der Waals surface area contributed by atoms with E-state index >= 15 is 0 Å². The quantitative estimate of drug-likeness (QED) is 0.893. The zero-order valence-electron chi connectivity index (χ0n) is 9.87. The molecule has 1 aromatic rings. The minimum atomic E-state index is -0.744. The van der Waals surface area contributed by atoms with E-state index in [1.54, 1.807) is 11.0 Å². The molecular weight excluding hydrogens is 238 g/mol. The van der Waals surface area contributed by atoms with Crippen LogP contribution in [0.25, 0.3) is 0 Å². The molecular formula is C13H14F2N2O. The zero-order chi connectivity index (χ0) is 13.1. The molecule has 0 saturated heterocycles. The summed E-state index contributed by atoms with van der Waals surface area (Å²) in [6.45, 7) is 0.0415. The van der Waals surface area contributed by atoms with Crippen molar-refractivity contribution < 1.29 is 13.9 Å². The molecule has 0 amide bonds. The third-order valence-electron chi connectivity index (χ3n) is 3.29. The van der Waals surface area contributed by atoms with E-state index in [4.69, 9.17) is 10.4 Å². The van der Waals surface area contributed by atoms with Crippen LogP contribution in [0.4, 0.5) is 14.5 Å². The van der Waals surface area contributed by atoms with Crippen LogP contribution in [0.5, 0.6) is 0 Å². The smallest absolute Gasteiger partial charge is 0.150 e. The Hall–Kier alpha value is -1.67. The molecule has 96 valence electrons. The number of benzene rings is 1. The zero-order valence-corrected chi connectivity index (χ0v) is 9.87. The van der Waals surface area contributed by atoms with E-state index in [1.165, 1.54) is 0 Å². The summed E-state index contributed by atoms with van der Waals surface area (Å²) >= 11 is 0. The Balaban J connectivity index is 2.37. The van der Waals surface area contributed by atoms with Gasteiger partial charge in [0, 0.05) is 12.6 Å². The maximum absolute atomic E-state index is 13.9. The summed E-state index contributed by atoms with van der Waals surface area (Å²) in [4.78, 5) is 1.56. The molecule has 3 nitrogen and oxygen atoms in total. The largest absolute Gasteiger partial charge is 0.395 e. The highest BCUT2D eigenvalue weighted by atomic mass is 19.1. The average molecular weight is 252 g/mol. The Morgan fingerprint density at radius 2 is 1.94 bits per heavy atom. The van der Waals surface area contributed by atoms with Gasteiger partial charge in [-0.1, -0.05) is 0 Å². The summed E-state index contributed by atoms with van der Waals surface area (Å²) in [7, 11) is 0. The van der Waals surface area contributed by atoms with Crippen molar-refractivity contribution in [1.82, 2.24) is 0 Å². The number of aliphatic hydroxyl groups excluding tert-OH is 1. The van der Waals surface area contributed by atoms with Gasteiger partial charge in [-0.25, -0.2) is 8.78 Å². The van der Waals surface area contributed by atoms with Crippen LogP contribution in [-0.4, -0.2) is 24.3 Å². The molecule has 18 heavy (non-hydrogen) atoms. The Morgan fingerprint density at radius 3 is 2.33 bits per heavy atom. The minimum absolute atomic E-state index is 0.0358. The molecule has 1 saturated carbocycles. The topological polar surface area (TPSA) is 47.3 Å². The number of rotatable bonds is 4. The Kier molecular flexibility index (Phi) is 3.78. The van der Waals surface area contributed by atoms with Crippen LogP contribution >= 0.6 is 0 Å². The van der Waals surface area contributed by atoms with Gasteiger partial charge in [-0.05, 0) is 31.4 Å². The van der Waals surface area contributed by atoms with E-state index < -0.39 is 11.6 Å². The fraction of sp³-hybridized carbons (Fsp3) is 0.462. The van der Waals surface area contributed by atoms with Crippen molar-refractivity contribution in [2.75, 3.05) is 18.1 Å². The Labute approximate surface area is 104 Å². The van der Waals surface area contributed by atoms with Gasteiger partial charge in [0.25, 0.3) is 0 Å². The molecule has 0 spiro atoms. The van der Waals surface area contributed by atoms with Crippen molar-refractivity contribution in [1.29, 1.82) is 5.26 Å². The molecule has 0 aliphatic heterocycles. The second-order valence-corrected chi connectivity index (χ2v) is 4.40. The highest BCUT2D eigenvalue weighted by Gasteiger charge is 2.28. The molecule has 1 aromatic carbocycles. The van der Waals surface area contributed by atoms with Crippen LogP contribution in [0.2, 0.25) is 0 Å². The van der Waals surface area contributed by atoms with Gasteiger partial charge < -0.3 is 10.0 Å². The number of aliphatic hydroxyl groups is 1. The summed E-state index contributed by atoms with van der Waals surface area (Å²) in [5.41, 5.74) is -0.168. The third kappa shape index (κ3) is 2.29. The van der Waals surface area contributed by atoms with Gasteiger partial charge in [0.1, 0.15) is 5.69 Å². The molecule has 0 aromatic heterocycles. The summed E-state index contributed by atoms with van der Waals surface area (Å²) < 4.78 is 27.8. The number of hydrogen-bond acceptors (Lipinski definition) is 3. The first-order valence-corrected chi connectivity index (χ1v) is 5.94. The lowest BCUT2D eigenvalue weighted by atomic mass is 9.91. The summed E-state index contributed by atoms with van der Waals surface area (Å²) in [6, 6.07) is 3.85. The first-order valence-electron chi connectivity index (χ1n) is 5.94. The highest BCUT2D eigenvalue weighted by molar-refractivity contribution is 5.53. The SMILES string of the molecule is N#Cc1cc(F)c(N(CCO)C2CCC2)c(F)c1. The average Bonchev–Trinajstić information content (AvgIpc) is 2.25. The lowest BCUT2D eigenvalue weighted by molar-refractivity contribution is 0.281. The lowest BCUT2D eigenvalue weighted by Crippen LogP contribution is -2.43. The van der Waals surface area contributed by atoms with Crippen LogP contribution in [0.3, 0.4) is 0 Å². The molecule has 1 N–H and O–H groups in total. The van der Waals surface area contributed by atoms with Crippen molar-refractivity contribution >= 4 is 5.69 Å². The van der Waals surface area contributed by atoms with Crippen LogP contribution in [0.1, 0.15) is 24.8 Å². The number of hydrogen-bond donors (Lipinski definition) is 1. The predicted molar refractivity (Wildman–Crippen MR) is 63.1 cm³/mol. The van der Waals surface area contributed by atoms with Gasteiger partial charge in [0.15, 0.2) is 11.6 Å². The van der Waals surface area contributed by atoms with Crippen molar-refractivity contribution in [3.63, 3.8) is 0 Å². The van der Waals surface area contributed by atoms with E-state index in [0.29, 0.717) is 0 Å². The number of nitriles is 1. The van der Waals surface area contributed by atoms with Gasteiger partial charge in [0.2, 0.25) is 0 Å². The third-order valence-corrected chi connectivity index (χ3v) is 3.29. The van der Waals surface area contributed by atoms with Crippen molar-refractivity contribution in [3.05, 3.63) is 29.3 Å². The molecule has 0 radical (unpaired) electrons.